The van der Waals surface area contributed by atoms with Crippen LogP contribution in [0.15, 0.2) is 12.1 Å². The highest BCUT2D eigenvalue weighted by Crippen LogP contribution is 2.64. The van der Waals surface area contributed by atoms with E-state index in [-0.39, 0.29) is 17.6 Å². The van der Waals surface area contributed by atoms with Crippen molar-refractivity contribution in [2.75, 3.05) is 20.2 Å². The molecule has 1 aromatic carbocycles. The van der Waals surface area contributed by atoms with Gasteiger partial charge in [0.25, 0.3) is 0 Å². The van der Waals surface area contributed by atoms with Crippen LogP contribution in [0, 0.1) is 11.8 Å². The largest absolute Gasteiger partial charge is 0.493 e. The molecule has 6 rings (SSSR count). The monoisotopic (exact) mass is 341 g/mol. The quantitative estimate of drug-likeness (QED) is 0.917. The highest BCUT2D eigenvalue weighted by atomic mass is 16.5. The van der Waals surface area contributed by atoms with Gasteiger partial charge in [-0.2, -0.15) is 0 Å². The molecule has 1 saturated heterocycles. The van der Waals surface area contributed by atoms with Gasteiger partial charge in [0.15, 0.2) is 11.5 Å². The summed E-state index contributed by atoms with van der Waals surface area (Å²) in [5.74, 6) is 3.33. The molecule has 1 aromatic rings. The fourth-order valence-electron chi connectivity index (χ4n) is 6.61. The zero-order valence-corrected chi connectivity index (χ0v) is 14.9. The van der Waals surface area contributed by atoms with Gasteiger partial charge in [0.05, 0.1) is 13.2 Å². The fourth-order valence-corrected chi connectivity index (χ4v) is 6.61. The van der Waals surface area contributed by atoms with Crippen molar-refractivity contribution in [1.82, 2.24) is 4.90 Å². The molecule has 0 radical (unpaired) electrons. The van der Waals surface area contributed by atoms with E-state index in [2.05, 4.69) is 17.0 Å². The molecular weight excluding hydrogens is 314 g/mol. The van der Waals surface area contributed by atoms with Crippen LogP contribution < -0.4 is 9.47 Å². The summed E-state index contributed by atoms with van der Waals surface area (Å²) in [7, 11) is 1.72. The van der Waals surface area contributed by atoms with Crippen LogP contribution in [-0.2, 0) is 11.8 Å². The van der Waals surface area contributed by atoms with Gasteiger partial charge in [-0.1, -0.05) is 6.07 Å². The third kappa shape index (κ3) is 1.80. The third-order valence-corrected chi connectivity index (χ3v) is 7.80. The van der Waals surface area contributed by atoms with E-state index in [9.17, 15) is 5.11 Å². The molecule has 4 heteroatoms. The molecule has 25 heavy (non-hydrogen) atoms. The minimum Gasteiger partial charge on any atom is -0.493 e. The Bertz CT molecular complexity index is 730. The van der Waals surface area contributed by atoms with Crippen LogP contribution in [0.4, 0.5) is 0 Å². The third-order valence-electron chi connectivity index (χ3n) is 7.80. The maximum atomic E-state index is 10.8. The molecule has 1 spiro atoms. The average Bonchev–Trinajstić information content (AvgIpc) is 3.36. The Morgan fingerprint density at radius 2 is 2.16 bits per heavy atom. The van der Waals surface area contributed by atoms with Crippen LogP contribution in [0.25, 0.3) is 0 Å². The van der Waals surface area contributed by atoms with Crippen molar-refractivity contribution in [2.24, 2.45) is 11.8 Å². The van der Waals surface area contributed by atoms with Gasteiger partial charge in [-0.05, 0) is 68.5 Å². The summed E-state index contributed by atoms with van der Waals surface area (Å²) in [6.07, 6.45) is 6.66. The van der Waals surface area contributed by atoms with Gasteiger partial charge >= 0.3 is 0 Å². The van der Waals surface area contributed by atoms with E-state index < -0.39 is 0 Å². The van der Waals surface area contributed by atoms with E-state index in [0.29, 0.717) is 12.0 Å². The molecule has 0 amide bonds. The van der Waals surface area contributed by atoms with Crippen molar-refractivity contribution in [3.8, 4) is 11.5 Å². The molecule has 5 atom stereocenters. The van der Waals surface area contributed by atoms with Crippen molar-refractivity contribution in [3.05, 3.63) is 23.3 Å². The van der Waals surface area contributed by atoms with E-state index in [1.807, 2.05) is 0 Å². The van der Waals surface area contributed by atoms with Gasteiger partial charge in [0.1, 0.15) is 6.10 Å². The summed E-state index contributed by atoms with van der Waals surface area (Å²) < 4.78 is 12.1. The van der Waals surface area contributed by atoms with Gasteiger partial charge in [-0.3, -0.25) is 4.90 Å². The summed E-state index contributed by atoms with van der Waals surface area (Å²) in [5.41, 5.74) is 2.84. The summed E-state index contributed by atoms with van der Waals surface area (Å²) in [6, 6.07) is 4.95. The summed E-state index contributed by atoms with van der Waals surface area (Å²) in [4.78, 5) is 2.79. The number of methoxy groups -OCH3 is 1. The van der Waals surface area contributed by atoms with E-state index in [1.165, 1.54) is 30.5 Å². The molecule has 2 bridgehead atoms. The summed E-state index contributed by atoms with van der Waals surface area (Å²) >= 11 is 0. The van der Waals surface area contributed by atoms with Crippen molar-refractivity contribution >= 4 is 0 Å². The molecule has 2 saturated carbocycles. The van der Waals surface area contributed by atoms with Gasteiger partial charge in [0, 0.05) is 23.6 Å². The molecule has 4 nitrogen and oxygen atoms in total. The van der Waals surface area contributed by atoms with Crippen molar-refractivity contribution in [3.63, 3.8) is 0 Å². The molecule has 3 fully saturated rings. The normalized spacial score (nSPS) is 41.2. The lowest BCUT2D eigenvalue weighted by molar-refractivity contribution is -0.105. The van der Waals surface area contributed by atoms with E-state index >= 15 is 0 Å². The zero-order chi connectivity index (χ0) is 16.8. The topological polar surface area (TPSA) is 41.9 Å². The molecule has 134 valence electrons. The number of nitrogens with zero attached hydrogens (tertiary/aromatic N) is 1. The first-order valence-electron chi connectivity index (χ1n) is 10.0. The number of rotatable bonds is 3. The second-order valence-corrected chi connectivity index (χ2v) is 8.92. The predicted molar refractivity (Wildman–Crippen MR) is 94.2 cm³/mol. The predicted octanol–water partition coefficient (Wildman–Crippen LogP) is 2.51. The van der Waals surface area contributed by atoms with E-state index in [4.69, 9.17) is 9.47 Å². The highest BCUT2D eigenvalue weighted by molar-refractivity contribution is 5.61. The minimum atomic E-state index is -0.352. The van der Waals surface area contributed by atoms with Crippen LogP contribution in [-0.4, -0.2) is 48.5 Å². The number of aliphatic hydroxyl groups is 1. The first-order valence-corrected chi connectivity index (χ1v) is 10.0. The fraction of sp³-hybridized carbons (Fsp3) is 0.714. The van der Waals surface area contributed by atoms with Gasteiger partial charge in [0.2, 0.25) is 0 Å². The zero-order valence-electron chi connectivity index (χ0n) is 14.9. The van der Waals surface area contributed by atoms with Crippen LogP contribution in [0.2, 0.25) is 0 Å². The second kappa shape index (κ2) is 4.92. The Morgan fingerprint density at radius 1 is 1.28 bits per heavy atom. The standard InChI is InChI=1S/C21H27NO3/c1-24-17-7-4-13-10-15-14-5-6-16(23)20-21(14,18(13)19(17)25-20)8-9-22(15)11-12-2-3-12/h4,7,12,14-16,20,23H,2-3,5-6,8-11H2,1H3/t14-,15+,16-,20-,21-/m1/s1. The first kappa shape index (κ1) is 14.9. The second-order valence-electron chi connectivity index (χ2n) is 8.92. The van der Waals surface area contributed by atoms with Crippen molar-refractivity contribution < 1.29 is 14.6 Å². The Morgan fingerprint density at radius 3 is 2.96 bits per heavy atom. The first-order chi connectivity index (χ1) is 12.2. The van der Waals surface area contributed by atoms with E-state index in [1.54, 1.807) is 7.11 Å². The molecule has 1 N–H and O–H groups in total. The lowest BCUT2D eigenvalue weighted by Gasteiger charge is -2.59. The number of benzene rings is 1. The van der Waals surface area contributed by atoms with Crippen LogP contribution in [0.5, 0.6) is 11.5 Å². The number of aliphatic hydroxyl groups excluding tert-OH is 1. The summed E-state index contributed by atoms with van der Waals surface area (Å²) in [6.45, 7) is 2.43. The highest BCUT2D eigenvalue weighted by Gasteiger charge is 2.65. The number of hydrogen-bond acceptors (Lipinski definition) is 4. The maximum absolute atomic E-state index is 10.8. The number of likely N-dealkylation sites (tertiary alicyclic amines) is 1. The van der Waals surface area contributed by atoms with Gasteiger partial charge in [-0.15, -0.1) is 0 Å². The molecule has 2 heterocycles. The van der Waals surface area contributed by atoms with Gasteiger partial charge < -0.3 is 14.6 Å². The Hall–Kier alpha value is -1.26. The molecule has 2 aliphatic heterocycles. The SMILES string of the molecule is COc1ccc2c3c1O[C@@H]1[C@H](O)CC[C@@H]4[C@H](C2)N(CC2CC2)CC[C@]341. The smallest absolute Gasteiger partial charge is 0.165 e. The van der Waals surface area contributed by atoms with Crippen LogP contribution in [0.1, 0.15) is 43.2 Å². The summed E-state index contributed by atoms with van der Waals surface area (Å²) in [5, 5.41) is 10.8. The van der Waals surface area contributed by atoms with Crippen molar-refractivity contribution in [2.45, 2.75) is 62.2 Å². The Balaban J connectivity index is 1.52. The molecule has 5 aliphatic rings. The molecule has 3 aliphatic carbocycles. The maximum Gasteiger partial charge on any atom is 0.165 e. The Labute approximate surface area is 149 Å². The number of piperidine rings is 1. The average molecular weight is 341 g/mol. The number of ether oxygens (including phenoxy) is 2. The molecular formula is C21H27NO3. The lowest BCUT2D eigenvalue weighted by Crippen LogP contribution is -2.67. The minimum absolute atomic E-state index is 0.0137. The van der Waals surface area contributed by atoms with Gasteiger partial charge in [-0.25, -0.2) is 0 Å². The number of hydrogen-bond donors (Lipinski definition) is 1. The molecule has 0 aromatic heterocycles. The van der Waals surface area contributed by atoms with E-state index in [0.717, 1.165) is 49.6 Å². The van der Waals surface area contributed by atoms with Crippen molar-refractivity contribution in [1.29, 1.82) is 0 Å². The van der Waals surface area contributed by atoms with Crippen LogP contribution in [0.3, 0.4) is 0 Å². The van der Waals surface area contributed by atoms with Crippen LogP contribution >= 0.6 is 0 Å². The Kier molecular flexibility index (Phi) is 2.92. The molecule has 0 unspecified atom stereocenters. The lowest BCUT2D eigenvalue weighted by atomic mass is 9.51.